The number of nitrogens with one attached hydrogen (secondary N) is 2. The van der Waals surface area contributed by atoms with E-state index < -0.39 is 30.0 Å². The van der Waals surface area contributed by atoms with Gasteiger partial charge in [0.1, 0.15) is 32.8 Å². The summed E-state index contributed by atoms with van der Waals surface area (Å²) in [5.41, 5.74) is 0.296. The number of rotatable bonds is 16. The molecule has 8 rings (SSSR count). The molecule has 0 saturated carbocycles. The Hall–Kier alpha value is -6.16. The largest absolute Gasteiger partial charge is 1.00 e. The van der Waals surface area contributed by atoms with Gasteiger partial charge in [0.05, 0.1) is 12.4 Å². The molecule has 2 heterocycles. The Morgan fingerprint density at radius 1 is 0.455 bits per heavy atom. The Kier molecular flexibility index (Phi) is 16.7. The molecule has 0 radical (unpaired) electrons. The van der Waals surface area contributed by atoms with Gasteiger partial charge in [0.25, 0.3) is 32.0 Å². The maximum atomic E-state index is 12.7. The predicted molar refractivity (Wildman–Crippen MR) is 240 cm³/mol. The van der Waals surface area contributed by atoms with Crippen molar-refractivity contribution in [1.82, 2.24) is 19.9 Å². The second-order valence-corrected chi connectivity index (χ2v) is 16.2. The van der Waals surface area contributed by atoms with Crippen LogP contribution in [0.2, 0.25) is 0 Å². The molecular weight excluding hydrogens is 907 g/mol. The van der Waals surface area contributed by atoms with Crippen LogP contribution in [-0.2, 0) is 20.2 Å². The van der Waals surface area contributed by atoms with E-state index in [0.717, 1.165) is 12.1 Å². The molecule has 0 fully saturated rings. The molecule has 4 N–H and O–H groups in total. The van der Waals surface area contributed by atoms with Crippen LogP contribution >= 0.6 is 0 Å². The Labute approximate surface area is 426 Å². The van der Waals surface area contributed by atoms with E-state index in [1.807, 2.05) is 24.3 Å². The molecule has 66 heavy (non-hydrogen) atoms. The molecule has 6 aromatic carbocycles. The molecule has 0 aliphatic carbocycles. The third kappa shape index (κ3) is 13.2. The number of aromatic nitrogens is 4. The number of para-hydroxylation sites is 4. The number of benzene rings is 6. The minimum atomic E-state index is -4.85. The van der Waals surface area contributed by atoms with E-state index >= 15 is 0 Å². The third-order valence-electron chi connectivity index (χ3n) is 8.84. The molecule has 0 bridgehead atoms. The second-order valence-electron chi connectivity index (χ2n) is 13.4. The van der Waals surface area contributed by atoms with Gasteiger partial charge in [-0.1, -0.05) is 97.1 Å². The zero-order valence-corrected chi connectivity index (χ0v) is 40.7. The molecule has 16 nitrogen and oxygen atoms in total. The predicted octanol–water partition coefficient (Wildman–Crippen LogP) is 4.82. The van der Waals surface area contributed by atoms with Crippen molar-refractivity contribution >= 4 is 55.7 Å². The van der Waals surface area contributed by atoms with E-state index in [-0.39, 0.29) is 120 Å². The van der Waals surface area contributed by atoms with Crippen molar-refractivity contribution < 1.29 is 107 Å². The standard InChI is InChI=1S/C46H34N6O10S2.2Na.2H/c53-63(54,55)41-27-33(49-45-47-29-39(59-35-13-5-1-6-14-35)43(51-45)61-37-17-9-3-10-18-37)25-23-31(41)21-22-32-24-26-34(28-42(32)64(56,57)58)50-46-48-30-40(60-36-15-7-2-8-16-36)44(52-46)62-38-19-11-4-12-20-38;;;;/h1-30H,(H,47,49,51)(H,48,50,52)(H,53,54,55)(H,56,57,58);;;;/q;2*+1;2*-1. The van der Waals surface area contributed by atoms with Gasteiger partial charge < -0.3 is 32.4 Å². The zero-order valence-electron chi connectivity index (χ0n) is 37.1. The van der Waals surface area contributed by atoms with Gasteiger partial charge in [-0.15, -0.1) is 0 Å². The summed E-state index contributed by atoms with van der Waals surface area (Å²) >= 11 is 0. The summed E-state index contributed by atoms with van der Waals surface area (Å²) in [5.74, 6) is 2.48. The fraction of sp³-hybridized carbons (Fsp3) is 0. The third-order valence-corrected chi connectivity index (χ3v) is 10.7. The van der Waals surface area contributed by atoms with Gasteiger partial charge in [-0.2, -0.15) is 26.8 Å². The van der Waals surface area contributed by atoms with Crippen molar-refractivity contribution in [2.75, 3.05) is 10.6 Å². The molecule has 0 aliphatic rings. The smallest absolute Gasteiger partial charge is 1.00 e. The minimum absolute atomic E-state index is 0. The van der Waals surface area contributed by atoms with Crippen LogP contribution in [-0.4, -0.2) is 45.9 Å². The van der Waals surface area contributed by atoms with Crippen LogP contribution in [0.15, 0.2) is 180 Å². The van der Waals surface area contributed by atoms with Gasteiger partial charge in [-0.3, -0.25) is 9.11 Å². The first-order valence-electron chi connectivity index (χ1n) is 19.0. The maximum Gasteiger partial charge on any atom is 1.00 e. The van der Waals surface area contributed by atoms with E-state index in [9.17, 15) is 25.9 Å². The molecule has 324 valence electrons. The molecule has 8 aromatic rings. The van der Waals surface area contributed by atoms with Crippen LogP contribution in [0.4, 0.5) is 23.3 Å². The second kappa shape index (κ2) is 22.4. The van der Waals surface area contributed by atoms with E-state index in [4.69, 9.17) is 18.9 Å². The maximum absolute atomic E-state index is 12.7. The van der Waals surface area contributed by atoms with E-state index in [2.05, 4.69) is 30.6 Å². The van der Waals surface area contributed by atoms with Crippen LogP contribution in [0.1, 0.15) is 14.0 Å². The number of nitrogens with zero attached hydrogens (tertiary/aromatic N) is 4. The summed E-state index contributed by atoms with van der Waals surface area (Å²) in [6, 6.07) is 43.6. The van der Waals surface area contributed by atoms with Crippen LogP contribution < -0.4 is 88.7 Å². The van der Waals surface area contributed by atoms with Crippen molar-refractivity contribution in [3.8, 4) is 46.3 Å². The molecular formula is C46H36N6Na2O10S2. The summed E-state index contributed by atoms with van der Waals surface area (Å²) in [6.45, 7) is 0. The van der Waals surface area contributed by atoms with Gasteiger partial charge in [-0.25, -0.2) is 9.97 Å². The molecule has 0 saturated heterocycles. The summed E-state index contributed by atoms with van der Waals surface area (Å²) < 4.78 is 95.2. The Morgan fingerprint density at radius 3 is 1.09 bits per heavy atom. The number of hydrogen-bond donors (Lipinski definition) is 4. The summed E-state index contributed by atoms with van der Waals surface area (Å²) in [6.07, 6.45) is 5.31. The number of anilines is 4. The van der Waals surface area contributed by atoms with Crippen LogP contribution in [0.5, 0.6) is 46.3 Å². The average Bonchev–Trinajstić information content (AvgIpc) is 3.29. The van der Waals surface area contributed by atoms with Crippen molar-refractivity contribution in [3.63, 3.8) is 0 Å². The fourth-order valence-electron chi connectivity index (χ4n) is 5.93. The quantitative estimate of drug-likeness (QED) is 0.0580. The number of ether oxygens (including phenoxy) is 4. The molecule has 0 spiro atoms. The van der Waals surface area contributed by atoms with Gasteiger partial charge >= 0.3 is 59.1 Å². The van der Waals surface area contributed by atoms with Crippen molar-refractivity contribution in [1.29, 1.82) is 0 Å². The van der Waals surface area contributed by atoms with Crippen molar-refractivity contribution in [3.05, 3.63) is 181 Å². The molecule has 0 aliphatic heterocycles. The normalized spacial score (nSPS) is 11.1. The molecule has 2 aromatic heterocycles. The van der Waals surface area contributed by atoms with Gasteiger partial charge in [-0.05, 0) is 83.9 Å². The van der Waals surface area contributed by atoms with E-state index in [0.29, 0.717) is 23.0 Å². The first-order valence-corrected chi connectivity index (χ1v) is 21.9. The molecule has 0 amide bonds. The minimum Gasteiger partial charge on any atom is -1.00 e. The first kappa shape index (κ1) is 49.3. The first-order chi connectivity index (χ1) is 30.9. The van der Waals surface area contributed by atoms with Crippen LogP contribution in [0.3, 0.4) is 0 Å². The van der Waals surface area contributed by atoms with Crippen LogP contribution in [0, 0.1) is 0 Å². The van der Waals surface area contributed by atoms with Crippen molar-refractivity contribution in [2.24, 2.45) is 0 Å². The molecule has 0 unspecified atom stereocenters. The van der Waals surface area contributed by atoms with Crippen molar-refractivity contribution in [2.45, 2.75) is 9.79 Å². The molecule has 20 heteroatoms. The average molecular weight is 943 g/mol. The summed E-state index contributed by atoms with van der Waals surface area (Å²) in [5, 5.41) is 5.83. The van der Waals surface area contributed by atoms with E-state index in [1.54, 1.807) is 97.1 Å². The summed E-state index contributed by atoms with van der Waals surface area (Å²) in [4.78, 5) is 16.5. The topological polar surface area (TPSA) is 221 Å². The Morgan fingerprint density at radius 2 is 0.773 bits per heavy atom. The zero-order chi connectivity index (χ0) is 44.5. The summed E-state index contributed by atoms with van der Waals surface area (Å²) in [7, 11) is -9.71. The van der Waals surface area contributed by atoms with Crippen LogP contribution in [0.25, 0.3) is 12.2 Å². The molecule has 0 atom stereocenters. The van der Waals surface area contributed by atoms with E-state index in [1.165, 1.54) is 48.8 Å². The van der Waals surface area contributed by atoms with Gasteiger partial charge in [0, 0.05) is 11.4 Å². The number of hydrogen-bond acceptors (Lipinski definition) is 14. The van der Waals surface area contributed by atoms with Gasteiger partial charge in [0.2, 0.25) is 23.4 Å². The van der Waals surface area contributed by atoms with Gasteiger partial charge in [0.15, 0.2) is 0 Å². The Balaban J connectivity index is 0.00000252. The monoisotopic (exact) mass is 942 g/mol. The fourth-order valence-corrected chi connectivity index (χ4v) is 7.35. The SMILES string of the molecule is O=S(=O)(O)c1cc(Nc2ncc(Oc3ccccc3)c(Oc3ccccc3)n2)ccc1C=Cc1ccc(Nc2ncc(Oc3ccccc3)c(Oc3ccccc3)n2)cc1S(=O)(=O)O.[H-].[H-].[Na+].[Na+]. The Bertz CT molecular complexity index is 2980.